The lowest BCUT2D eigenvalue weighted by molar-refractivity contribution is 0.0897. The van der Waals surface area contributed by atoms with Gasteiger partial charge in [0.2, 0.25) is 0 Å². The molecule has 2 aromatic heterocycles. The Kier molecular flexibility index (Phi) is 6.83. The molecule has 1 aromatic carbocycles. The molecule has 0 fully saturated rings. The maximum Gasteiger partial charge on any atom is 0.316 e. The van der Waals surface area contributed by atoms with Crippen LogP contribution < -0.4 is 15.4 Å². The summed E-state index contributed by atoms with van der Waals surface area (Å²) in [4.78, 5) is 28.5. The monoisotopic (exact) mass is 476 g/mol. The summed E-state index contributed by atoms with van der Waals surface area (Å²) in [6, 6.07) is 6.89. The van der Waals surface area contributed by atoms with Crippen molar-refractivity contribution in [1.29, 1.82) is 0 Å². The van der Waals surface area contributed by atoms with Gasteiger partial charge in [0.05, 0.1) is 28.5 Å². The van der Waals surface area contributed by atoms with Crippen molar-refractivity contribution < 1.29 is 18.8 Å². The molecule has 0 aliphatic heterocycles. The van der Waals surface area contributed by atoms with Gasteiger partial charge in [-0.1, -0.05) is 17.3 Å². The molecule has 0 saturated heterocycles. The predicted octanol–water partition coefficient (Wildman–Crippen LogP) is 1.86. The Morgan fingerprint density at radius 3 is 2.53 bits per heavy atom. The quantitative estimate of drug-likeness (QED) is 0.475. The number of hydrogen-bond donors (Lipinski definition) is 2. The number of rotatable bonds is 8. The third-order valence-electron chi connectivity index (χ3n) is 4.29. The largest absolute Gasteiger partial charge is 0.496 e. The number of carbonyl (C=O) groups is 2. The van der Waals surface area contributed by atoms with Gasteiger partial charge in [-0.2, -0.15) is 10.1 Å². The van der Waals surface area contributed by atoms with Crippen LogP contribution in [0.25, 0.3) is 0 Å². The summed E-state index contributed by atoms with van der Waals surface area (Å²) in [5.41, 5.74) is 2.20. The minimum Gasteiger partial charge on any atom is -0.496 e. The smallest absolute Gasteiger partial charge is 0.316 e. The third kappa shape index (κ3) is 4.85. The number of nitrogens with zero attached hydrogens (tertiary/aromatic N) is 4. The van der Waals surface area contributed by atoms with Crippen molar-refractivity contribution in [2.75, 3.05) is 20.2 Å². The lowest BCUT2D eigenvalue weighted by atomic mass is 10.2. The van der Waals surface area contributed by atoms with Gasteiger partial charge in [0, 0.05) is 13.1 Å². The van der Waals surface area contributed by atoms with Crippen LogP contribution in [0, 0.1) is 13.8 Å². The van der Waals surface area contributed by atoms with E-state index in [4.69, 9.17) is 9.26 Å². The van der Waals surface area contributed by atoms with E-state index in [0.717, 1.165) is 15.9 Å². The van der Waals surface area contributed by atoms with Gasteiger partial charge in [-0.3, -0.25) is 14.3 Å². The van der Waals surface area contributed by atoms with Gasteiger partial charge >= 0.3 is 11.8 Å². The van der Waals surface area contributed by atoms with Crippen molar-refractivity contribution in [2.45, 2.75) is 20.4 Å². The molecule has 30 heavy (non-hydrogen) atoms. The molecule has 2 amide bonds. The number of aromatic nitrogens is 4. The number of methoxy groups -OCH3 is 1. The van der Waals surface area contributed by atoms with Crippen LogP contribution in [0.2, 0.25) is 0 Å². The molecule has 0 spiro atoms. The maximum absolute atomic E-state index is 12.2. The standard InChI is InChI=1S/C19H21BrN6O4/c1-11-16(20)12(2)26(24-11)10-15-23-19(30-25-15)18(28)22-9-8-21-17(27)13-6-4-5-7-14(13)29-3/h4-7H,8-10H2,1-3H3,(H,21,27)(H,22,28). The van der Waals surface area contributed by atoms with E-state index in [-0.39, 0.29) is 31.4 Å². The van der Waals surface area contributed by atoms with Gasteiger partial charge in [0.1, 0.15) is 12.3 Å². The molecule has 0 atom stereocenters. The molecule has 0 bridgehead atoms. The average Bonchev–Trinajstić information content (AvgIpc) is 3.31. The van der Waals surface area contributed by atoms with Crippen LogP contribution in [0.4, 0.5) is 0 Å². The van der Waals surface area contributed by atoms with E-state index >= 15 is 0 Å². The number of carbonyl (C=O) groups excluding carboxylic acids is 2. The summed E-state index contributed by atoms with van der Waals surface area (Å²) in [6.45, 7) is 4.50. The summed E-state index contributed by atoms with van der Waals surface area (Å²) in [5.74, 6) is -0.149. The zero-order valence-corrected chi connectivity index (χ0v) is 18.3. The highest BCUT2D eigenvalue weighted by atomic mass is 79.9. The zero-order chi connectivity index (χ0) is 21.7. The second-order valence-electron chi connectivity index (χ2n) is 6.37. The molecular formula is C19H21BrN6O4. The van der Waals surface area contributed by atoms with Gasteiger partial charge in [-0.05, 0) is 41.9 Å². The Balaban J connectivity index is 1.49. The van der Waals surface area contributed by atoms with E-state index in [1.54, 1.807) is 28.9 Å². The molecule has 0 radical (unpaired) electrons. The molecule has 3 aromatic rings. The first-order chi connectivity index (χ1) is 14.4. The molecular weight excluding hydrogens is 456 g/mol. The summed E-state index contributed by atoms with van der Waals surface area (Å²) in [5, 5.41) is 13.5. The van der Waals surface area contributed by atoms with E-state index in [1.807, 2.05) is 13.8 Å². The molecule has 0 saturated carbocycles. The average molecular weight is 477 g/mol. The van der Waals surface area contributed by atoms with Crippen molar-refractivity contribution in [3.05, 3.63) is 57.4 Å². The highest BCUT2D eigenvalue weighted by Crippen LogP contribution is 2.20. The summed E-state index contributed by atoms with van der Waals surface area (Å²) in [7, 11) is 1.50. The van der Waals surface area contributed by atoms with Gasteiger partial charge in [0.25, 0.3) is 5.91 Å². The Bertz CT molecular complexity index is 1060. The Hall–Kier alpha value is -3.21. The van der Waals surface area contributed by atoms with Crippen molar-refractivity contribution >= 4 is 27.7 Å². The minimum atomic E-state index is -0.519. The Morgan fingerprint density at radius 2 is 1.87 bits per heavy atom. The van der Waals surface area contributed by atoms with Crippen LogP contribution in [0.5, 0.6) is 5.75 Å². The molecule has 0 aliphatic carbocycles. The first-order valence-electron chi connectivity index (χ1n) is 9.12. The van der Waals surface area contributed by atoms with E-state index in [2.05, 4.69) is 41.8 Å². The SMILES string of the molecule is COc1ccccc1C(=O)NCCNC(=O)c1nc(Cn2nc(C)c(Br)c2C)no1. The number of nitrogens with one attached hydrogen (secondary N) is 2. The van der Waals surface area contributed by atoms with E-state index in [1.165, 1.54) is 7.11 Å². The van der Waals surface area contributed by atoms with E-state index in [0.29, 0.717) is 17.1 Å². The molecule has 0 aliphatic rings. The third-order valence-corrected chi connectivity index (χ3v) is 5.44. The first kappa shape index (κ1) is 21.5. The number of halogens is 1. The Labute approximate surface area is 181 Å². The summed E-state index contributed by atoms with van der Waals surface area (Å²) < 4.78 is 12.8. The van der Waals surface area contributed by atoms with E-state index in [9.17, 15) is 9.59 Å². The highest BCUT2D eigenvalue weighted by Gasteiger charge is 2.17. The number of amides is 2. The molecule has 11 heteroatoms. The van der Waals surface area contributed by atoms with E-state index < -0.39 is 5.91 Å². The van der Waals surface area contributed by atoms with Crippen molar-refractivity contribution in [2.24, 2.45) is 0 Å². The number of para-hydroxylation sites is 1. The molecule has 2 N–H and O–H groups in total. The predicted molar refractivity (Wildman–Crippen MR) is 110 cm³/mol. The molecule has 3 rings (SSSR count). The second kappa shape index (κ2) is 9.53. The number of benzene rings is 1. The van der Waals surface area contributed by atoms with Crippen LogP contribution in [0.15, 0.2) is 33.3 Å². The van der Waals surface area contributed by atoms with Crippen molar-refractivity contribution in [3.8, 4) is 5.75 Å². The second-order valence-corrected chi connectivity index (χ2v) is 7.16. The summed E-state index contributed by atoms with van der Waals surface area (Å²) in [6.07, 6.45) is 0. The molecule has 2 heterocycles. The van der Waals surface area contributed by atoms with Gasteiger partial charge < -0.3 is 19.9 Å². The van der Waals surface area contributed by atoms with Gasteiger partial charge in [0.15, 0.2) is 5.82 Å². The van der Waals surface area contributed by atoms with Crippen molar-refractivity contribution in [1.82, 2.24) is 30.6 Å². The number of hydrogen-bond acceptors (Lipinski definition) is 7. The number of ether oxygens (including phenoxy) is 1. The molecule has 10 nitrogen and oxygen atoms in total. The summed E-state index contributed by atoms with van der Waals surface area (Å²) >= 11 is 3.46. The molecule has 158 valence electrons. The normalized spacial score (nSPS) is 10.7. The topological polar surface area (TPSA) is 124 Å². The first-order valence-corrected chi connectivity index (χ1v) is 9.91. The highest BCUT2D eigenvalue weighted by molar-refractivity contribution is 9.10. The number of aryl methyl sites for hydroxylation is 1. The fraction of sp³-hybridized carbons (Fsp3) is 0.316. The fourth-order valence-electron chi connectivity index (χ4n) is 2.73. The van der Waals surface area contributed by atoms with Crippen LogP contribution in [-0.4, -0.2) is 51.9 Å². The fourth-order valence-corrected chi connectivity index (χ4v) is 3.01. The van der Waals surface area contributed by atoms with Crippen LogP contribution in [-0.2, 0) is 6.54 Å². The van der Waals surface area contributed by atoms with Crippen LogP contribution in [0.1, 0.15) is 38.3 Å². The molecule has 0 unspecified atom stereocenters. The minimum absolute atomic E-state index is 0.151. The van der Waals surface area contributed by atoms with Crippen molar-refractivity contribution in [3.63, 3.8) is 0 Å². The van der Waals surface area contributed by atoms with Crippen LogP contribution >= 0.6 is 15.9 Å². The van der Waals surface area contributed by atoms with Gasteiger partial charge in [-0.25, -0.2) is 0 Å². The van der Waals surface area contributed by atoms with Crippen LogP contribution in [0.3, 0.4) is 0 Å². The Morgan fingerprint density at radius 1 is 1.17 bits per heavy atom. The van der Waals surface area contributed by atoms with Gasteiger partial charge in [-0.15, -0.1) is 0 Å². The zero-order valence-electron chi connectivity index (χ0n) is 16.7. The lowest BCUT2D eigenvalue weighted by Crippen LogP contribution is -2.35. The maximum atomic E-state index is 12.2. The lowest BCUT2D eigenvalue weighted by Gasteiger charge is -2.09.